The highest BCUT2D eigenvalue weighted by Crippen LogP contribution is 2.22. The van der Waals surface area contributed by atoms with Gasteiger partial charge in [0.1, 0.15) is 6.10 Å². The molecule has 1 aliphatic carbocycles. The van der Waals surface area contributed by atoms with Gasteiger partial charge in [0.05, 0.1) is 0 Å². The molecule has 1 heterocycles. The number of hydrogen-bond acceptors (Lipinski definition) is 4. The van der Waals surface area contributed by atoms with Crippen LogP contribution in [-0.4, -0.2) is 30.7 Å². The van der Waals surface area contributed by atoms with Crippen LogP contribution in [0.4, 0.5) is 0 Å². The van der Waals surface area contributed by atoms with Crippen LogP contribution >= 0.6 is 0 Å². The van der Waals surface area contributed by atoms with Crippen molar-refractivity contribution in [2.24, 2.45) is 0 Å². The molecule has 22 heavy (non-hydrogen) atoms. The molecule has 0 radical (unpaired) electrons. The van der Waals surface area contributed by atoms with Gasteiger partial charge in [0.15, 0.2) is 0 Å². The zero-order chi connectivity index (χ0) is 15.6. The predicted molar refractivity (Wildman–Crippen MR) is 84.7 cm³/mol. The van der Waals surface area contributed by atoms with Gasteiger partial charge < -0.3 is 14.8 Å². The first kappa shape index (κ1) is 16.7. The number of carbonyl (C=O) groups is 1. The van der Waals surface area contributed by atoms with Crippen LogP contribution in [0.3, 0.4) is 0 Å². The molecule has 122 valence electrons. The third kappa shape index (κ3) is 6.02. The van der Waals surface area contributed by atoms with Gasteiger partial charge in [-0.15, -0.1) is 0 Å². The minimum absolute atomic E-state index is 0.0413. The maximum absolute atomic E-state index is 11.6. The summed E-state index contributed by atoms with van der Waals surface area (Å²) in [6.07, 6.45) is 9.38. The first-order valence-electron chi connectivity index (χ1n) is 8.15. The van der Waals surface area contributed by atoms with E-state index in [1.54, 1.807) is 13.3 Å². The Morgan fingerprint density at radius 1 is 1.32 bits per heavy atom. The lowest BCUT2D eigenvalue weighted by Crippen LogP contribution is -2.23. The number of pyridine rings is 1. The van der Waals surface area contributed by atoms with Crippen LogP contribution in [0.5, 0.6) is 5.88 Å². The van der Waals surface area contributed by atoms with Gasteiger partial charge in [-0.2, -0.15) is 0 Å². The highest BCUT2D eigenvalue weighted by molar-refractivity contribution is 5.75. The molecule has 1 aromatic heterocycles. The molecular weight excluding hydrogens is 280 g/mol. The highest BCUT2D eigenvalue weighted by Gasteiger charge is 2.15. The summed E-state index contributed by atoms with van der Waals surface area (Å²) < 4.78 is 10.8. The zero-order valence-corrected chi connectivity index (χ0v) is 13.3. The third-order valence-corrected chi connectivity index (χ3v) is 3.88. The van der Waals surface area contributed by atoms with E-state index in [0.29, 0.717) is 31.6 Å². The second-order valence-corrected chi connectivity index (χ2v) is 5.76. The maximum Gasteiger partial charge on any atom is 0.220 e. The minimum atomic E-state index is 0.0413. The summed E-state index contributed by atoms with van der Waals surface area (Å²) in [5.74, 6) is 0.724. The molecule has 5 nitrogen and oxygen atoms in total. The number of carbonyl (C=O) groups excluding carboxylic acids is 1. The average molecular weight is 306 g/mol. The smallest absolute Gasteiger partial charge is 0.220 e. The van der Waals surface area contributed by atoms with Crippen LogP contribution in [0.2, 0.25) is 0 Å². The minimum Gasteiger partial charge on any atom is -0.474 e. The monoisotopic (exact) mass is 306 g/mol. The molecule has 0 atom stereocenters. The molecule has 5 heteroatoms. The van der Waals surface area contributed by atoms with Gasteiger partial charge >= 0.3 is 0 Å². The Hall–Kier alpha value is -1.62. The van der Waals surface area contributed by atoms with E-state index in [2.05, 4.69) is 10.3 Å². The Labute approximate surface area is 132 Å². The highest BCUT2D eigenvalue weighted by atomic mass is 16.5. The van der Waals surface area contributed by atoms with Crippen molar-refractivity contribution in [1.82, 2.24) is 10.3 Å². The Kier molecular flexibility index (Phi) is 7.16. The number of methoxy groups -OCH3 is 1. The lowest BCUT2D eigenvalue weighted by Gasteiger charge is -2.22. The van der Waals surface area contributed by atoms with Gasteiger partial charge in [0, 0.05) is 38.9 Å². The summed E-state index contributed by atoms with van der Waals surface area (Å²) in [5, 5.41) is 2.88. The second-order valence-electron chi connectivity index (χ2n) is 5.76. The van der Waals surface area contributed by atoms with E-state index in [1.165, 1.54) is 19.3 Å². The van der Waals surface area contributed by atoms with E-state index in [9.17, 15) is 4.79 Å². The molecular formula is C17H26N2O3. The van der Waals surface area contributed by atoms with E-state index < -0.39 is 0 Å². The molecule has 1 saturated carbocycles. The Bertz CT molecular complexity index is 442. The fourth-order valence-electron chi connectivity index (χ4n) is 2.61. The quantitative estimate of drug-likeness (QED) is 0.750. The van der Waals surface area contributed by atoms with Crippen LogP contribution < -0.4 is 10.1 Å². The van der Waals surface area contributed by atoms with Crippen LogP contribution in [0.15, 0.2) is 18.3 Å². The molecule has 1 aromatic rings. The molecule has 0 bridgehead atoms. The van der Waals surface area contributed by atoms with Crippen LogP contribution in [-0.2, 0) is 16.1 Å². The molecule has 0 spiro atoms. The molecule has 1 N–H and O–H groups in total. The number of rotatable bonds is 8. The van der Waals surface area contributed by atoms with Crippen molar-refractivity contribution in [1.29, 1.82) is 0 Å². The third-order valence-electron chi connectivity index (χ3n) is 3.88. The Morgan fingerprint density at radius 3 is 2.82 bits per heavy atom. The van der Waals surface area contributed by atoms with Gasteiger partial charge in [-0.3, -0.25) is 4.79 Å². The van der Waals surface area contributed by atoms with Gasteiger partial charge in [-0.1, -0.05) is 12.5 Å². The lowest BCUT2D eigenvalue weighted by atomic mass is 9.98. The summed E-state index contributed by atoms with van der Waals surface area (Å²) in [6.45, 7) is 1.12. The topological polar surface area (TPSA) is 60.5 Å². The summed E-state index contributed by atoms with van der Waals surface area (Å²) in [4.78, 5) is 15.9. The summed E-state index contributed by atoms with van der Waals surface area (Å²) in [6, 6.07) is 3.85. The van der Waals surface area contributed by atoms with Crippen LogP contribution in [0, 0.1) is 0 Å². The summed E-state index contributed by atoms with van der Waals surface area (Å²) >= 11 is 0. The van der Waals surface area contributed by atoms with Crippen molar-refractivity contribution in [3.05, 3.63) is 23.9 Å². The molecule has 1 fully saturated rings. The van der Waals surface area contributed by atoms with Crippen molar-refractivity contribution < 1.29 is 14.3 Å². The van der Waals surface area contributed by atoms with E-state index in [1.807, 2.05) is 12.1 Å². The normalized spacial score (nSPS) is 15.5. The second kappa shape index (κ2) is 9.41. The first-order chi connectivity index (χ1) is 10.8. The van der Waals surface area contributed by atoms with E-state index >= 15 is 0 Å². The summed E-state index contributed by atoms with van der Waals surface area (Å²) in [7, 11) is 1.64. The largest absolute Gasteiger partial charge is 0.474 e. The fourth-order valence-corrected chi connectivity index (χ4v) is 2.61. The Morgan fingerprint density at radius 2 is 2.14 bits per heavy atom. The molecule has 0 unspecified atom stereocenters. The van der Waals surface area contributed by atoms with Crippen molar-refractivity contribution in [2.45, 2.75) is 57.6 Å². The number of hydrogen-bond donors (Lipinski definition) is 1. The van der Waals surface area contributed by atoms with Crippen molar-refractivity contribution in [3.63, 3.8) is 0 Å². The number of amides is 1. The number of nitrogens with zero attached hydrogens (tertiary/aromatic N) is 1. The maximum atomic E-state index is 11.6. The molecule has 0 aliphatic heterocycles. The average Bonchev–Trinajstić information content (AvgIpc) is 2.55. The molecule has 1 amide bonds. The van der Waals surface area contributed by atoms with Crippen molar-refractivity contribution in [3.8, 4) is 5.88 Å². The van der Waals surface area contributed by atoms with Gasteiger partial charge in [-0.05, 0) is 37.7 Å². The summed E-state index contributed by atoms with van der Waals surface area (Å²) in [5.41, 5.74) is 0.982. The zero-order valence-electron chi connectivity index (χ0n) is 13.3. The molecule has 0 saturated heterocycles. The predicted octanol–water partition coefficient (Wildman–Crippen LogP) is 2.84. The van der Waals surface area contributed by atoms with Crippen molar-refractivity contribution >= 4 is 5.91 Å². The van der Waals surface area contributed by atoms with E-state index in [-0.39, 0.29) is 5.91 Å². The van der Waals surface area contributed by atoms with Crippen LogP contribution in [0.25, 0.3) is 0 Å². The lowest BCUT2D eigenvalue weighted by molar-refractivity contribution is -0.121. The number of aromatic nitrogens is 1. The SMILES string of the molecule is COCCCC(=O)NCc1ccc(OC2CCCCC2)nc1. The molecule has 2 rings (SSSR count). The molecule has 1 aliphatic rings. The standard InChI is InChI=1S/C17H26N2O3/c1-21-11-5-8-16(20)18-12-14-9-10-17(19-13-14)22-15-6-3-2-4-7-15/h9-10,13,15H,2-8,11-12H2,1H3,(H,18,20). The van der Waals surface area contributed by atoms with Gasteiger partial charge in [0.25, 0.3) is 0 Å². The number of ether oxygens (including phenoxy) is 2. The Balaban J connectivity index is 1.70. The van der Waals surface area contributed by atoms with E-state index in [4.69, 9.17) is 9.47 Å². The molecule has 0 aromatic carbocycles. The van der Waals surface area contributed by atoms with Gasteiger partial charge in [0.2, 0.25) is 11.8 Å². The fraction of sp³-hybridized carbons (Fsp3) is 0.647. The first-order valence-corrected chi connectivity index (χ1v) is 8.15. The van der Waals surface area contributed by atoms with Gasteiger partial charge in [-0.25, -0.2) is 4.98 Å². The number of nitrogens with one attached hydrogen (secondary N) is 1. The van der Waals surface area contributed by atoms with Crippen molar-refractivity contribution in [2.75, 3.05) is 13.7 Å². The van der Waals surface area contributed by atoms with E-state index in [0.717, 1.165) is 24.8 Å². The van der Waals surface area contributed by atoms with Crippen LogP contribution in [0.1, 0.15) is 50.5 Å².